The first-order chi connectivity index (χ1) is 13.5. The SMILES string of the molecule is Cc1ccc(CC(=O)N2CCN(c3nc4cccnc4n(C)c3=O)CC2)cc1. The molecule has 7 nitrogen and oxygen atoms in total. The number of carbonyl (C=O) groups is 1. The zero-order valence-corrected chi connectivity index (χ0v) is 16.1. The van der Waals surface area contributed by atoms with Gasteiger partial charge in [-0.3, -0.25) is 14.2 Å². The smallest absolute Gasteiger partial charge is 0.294 e. The molecule has 0 bridgehead atoms. The van der Waals surface area contributed by atoms with E-state index in [2.05, 4.69) is 9.97 Å². The Labute approximate surface area is 163 Å². The Morgan fingerprint density at radius 1 is 1.07 bits per heavy atom. The van der Waals surface area contributed by atoms with Crippen LogP contribution in [0.1, 0.15) is 11.1 Å². The van der Waals surface area contributed by atoms with Gasteiger partial charge in [0.2, 0.25) is 5.91 Å². The van der Waals surface area contributed by atoms with Gasteiger partial charge in [0.15, 0.2) is 11.5 Å². The van der Waals surface area contributed by atoms with E-state index >= 15 is 0 Å². The zero-order chi connectivity index (χ0) is 19.7. The van der Waals surface area contributed by atoms with Crippen LogP contribution in [0.3, 0.4) is 0 Å². The fraction of sp³-hybridized carbons (Fsp3) is 0.333. The second kappa shape index (κ2) is 7.42. The van der Waals surface area contributed by atoms with Crippen LogP contribution in [-0.2, 0) is 18.3 Å². The summed E-state index contributed by atoms with van der Waals surface area (Å²) in [6.07, 6.45) is 2.06. The summed E-state index contributed by atoms with van der Waals surface area (Å²) in [7, 11) is 1.71. The van der Waals surface area contributed by atoms with Crippen LogP contribution in [0.15, 0.2) is 47.4 Å². The monoisotopic (exact) mass is 377 g/mol. The van der Waals surface area contributed by atoms with Crippen LogP contribution in [-0.4, -0.2) is 51.5 Å². The first-order valence-corrected chi connectivity index (χ1v) is 9.43. The molecule has 144 valence electrons. The van der Waals surface area contributed by atoms with Crippen LogP contribution in [0.4, 0.5) is 5.82 Å². The highest BCUT2D eigenvalue weighted by molar-refractivity contribution is 5.79. The Morgan fingerprint density at radius 3 is 2.50 bits per heavy atom. The molecule has 1 saturated heterocycles. The molecule has 1 fully saturated rings. The molecule has 0 saturated carbocycles. The van der Waals surface area contributed by atoms with Crippen molar-refractivity contribution in [1.82, 2.24) is 19.4 Å². The van der Waals surface area contributed by atoms with Crippen molar-refractivity contribution in [3.63, 3.8) is 0 Å². The molecule has 28 heavy (non-hydrogen) atoms. The topological polar surface area (TPSA) is 71.3 Å². The van der Waals surface area contributed by atoms with Gasteiger partial charge in [-0.1, -0.05) is 29.8 Å². The molecule has 1 aliphatic rings. The van der Waals surface area contributed by atoms with Gasteiger partial charge in [0.1, 0.15) is 5.52 Å². The molecule has 0 unspecified atom stereocenters. The number of fused-ring (bicyclic) bond motifs is 1. The van der Waals surface area contributed by atoms with Crippen molar-refractivity contribution in [3.8, 4) is 0 Å². The molecule has 2 aromatic heterocycles. The molecule has 3 heterocycles. The third kappa shape index (κ3) is 3.47. The highest BCUT2D eigenvalue weighted by Crippen LogP contribution is 2.15. The predicted molar refractivity (Wildman–Crippen MR) is 108 cm³/mol. The van der Waals surface area contributed by atoms with Crippen LogP contribution >= 0.6 is 0 Å². The van der Waals surface area contributed by atoms with Crippen LogP contribution in [0.5, 0.6) is 0 Å². The lowest BCUT2D eigenvalue weighted by Crippen LogP contribution is -2.51. The van der Waals surface area contributed by atoms with E-state index in [0.29, 0.717) is 49.6 Å². The fourth-order valence-corrected chi connectivity index (χ4v) is 3.51. The Balaban J connectivity index is 1.46. The minimum Gasteiger partial charge on any atom is -0.348 e. The van der Waals surface area contributed by atoms with E-state index in [4.69, 9.17) is 0 Å². The quantitative estimate of drug-likeness (QED) is 0.692. The molecule has 0 atom stereocenters. The molecule has 1 aliphatic heterocycles. The number of piperazine rings is 1. The van der Waals surface area contributed by atoms with Gasteiger partial charge in [0, 0.05) is 39.4 Å². The van der Waals surface area contributed by atoms with Gasteiger partial charge >= 0.3 is 0 Å². The van der Waals surface area contributed by atoms with Crippen molar-refractivity contribution >= 4 is 22.9 Å². The second-order valence-corrected chi connectivity index (χ2v) is 7.18. The normalized spacial score (nSPS) is 14.5. The number of aryl methyl sites for hydroxylation is 2. The van der Waals surface area contributed by atoms with Crippen LogP contribution in [0.25, 0.3) is 11.2 Å². The molecule has 1 aromatic carbocycles. The number of amides is 1. The number of anilines is 1. The van der Waals surface area contributed by atoms with Gasteiger partial charge in [-0.25, -0.2) is 9.97 Å². The van der Waals surface area contributed by atoms with Crippen molar-refractivity contribution in [3.05, 3.63) is 64.1 Å². The zero-order valence-electron chi connectivity index (χ0n) is 16.1. The van der Waals surface area contributed by atoms with E-state index in [1.54, 1.807) is 13.2 Å². The molecule has 7 heteroatoms. The fourth-order valence-electron chi connectivity index (χ4n) is 3.51. The van der Waals surface area contributed by atoms with E-state index in [0.717, 1.165) is 5.56 Å². The summed E-state index contributed by atoms with van der Waals surface area (Å²) in [5.74, 6) is 0.542. The minimum absolute atomic E-state index is 0.118. The van der Waals surface area contributed by atoms with Crippen molar-refractivity contribution < 1.29 is 4.79 Å². The Kier molecular flexibility index (Phi) is 4.81. The average molecular weight is 377 g/mol. The summed E-state index contributed by atoms with van der Waals surface area (Å²) < 4.78 is 1.53. The summed E-state index contributed by atoms with van der Waals surface area (Å²) in [5, 5.41) is 0. The maximum Gasteiger partial charge on any atom is 0.294 e. The minimum atomic E-state index is -0.161. The Hall–Kier alpha value is -3.22. The van der Waals surface area contributed by atoms with E-state index in [1.807, 2.05) is 53.1 Å². The summed E-state index contributed by atoms with van der Waals surface area (Å²) >= 11 is 0. The Bertz CT molecular complexity index is 1070. The van der Waals surface area contributed by atoms with Gasteiger partial charge in [0.05, 0.1) is 6.42 Å². The summed E-state index contributed by atoms with van der Waals surface area (Å²) in [5.41, 5.74) is 3.31. The number of rotatable bonds is 3. The van der Waals surface area contributed by atoms with Crippen molar-refractivity contribution in [1.29, 1.82) is 0 Å². The van der Waals surface area contributed by atoms with Crippen molar-refractivity contribution in [2.24, 2.45) is 7.05 Å². The molecular formula is C21H23N5O2. The number of nitrogens with zero attached hydrogens (tertiary/aromatic N) is 5. The lowest BCUT2D eigenvalue weighted by Gasteiger charge is -2.35. The van der Waals surface area contributed by atoms with E-state index in [-0.39, 0.29) is 11.5 Å². The largest absolute Gasteiger partial charge is 0.348 e. The summed E-state index contributed by atoms with van der Waals surface area (Å²) in [6.45, 7) is 4.38. The van der Waals surface area contributed by atoms with Crippen LogP contribution in [0.2, 0.25) is 0 Å². The highest BCUT2D eigenvalue weighted by Gasteiger charge is 2.24. The number of pyridine rings is 1. The lowest BCUT2D eigenvalue weighted by molar-refractivity contribution is -0.130. The average Bonchev–Trinajstić information content (AvgIpc) is 2.72. The van der Waals surface area contributed by atoms with Gasteiger partial charge in [-0.15, -0.1) is 0 Å². The number of hydrogen-bond donors (Lipinski definition) is 0. The highest BCUT2D eigenvalue weighted by atomic mass is 16.2. The van der Waals surface area contributed by atoms with E-state index < -0.39 is 0 Å². The van der Waals surface area contributed by atoms with E-state index in [1.165, 1.54) is 10.1 Å². The number of benzene rings is 1. The molecular weight excluding hydrogens is 354 g/mol. The third-order valence-corrected chi connectivity index (χ3v) is 5.21. The van der Waals surface area contributed by atoms with Crippen LogP contribution in [0, 0.1) is 6.92 Å². The molecule has 0 radical (unpaired) electrons. The Morgan fingerprint density at radius 2 is 1.79 bits per heavy atom. The van der Waals surface area contributed by atoms with Crippen LogP contribution < -0.4 is 10.5 Å². The predicted octanol–water partition coefficient (Wildman–Crippen LogP) is 1.53. The number of hydrogen-bond acceptors (Lipinski definition) is 5. The van der Waals surface area contributed by atoms with Crippen molar-refractivity contribution in [2.45, 2.75) is 13.3 Å². The number of carbonyl (C=O) groups excluding carboxylic acids is 1. The summed E-state index contributed by atoms with van der Waals surface area (Å²) in [4.78, 5) is 37.9. The van der Waals surface area contributed by atoms with Crippen molar-refractivity contribution in [2.75, 3.05) is 31.1 Å². The maximum absolute atomic E-state index is 12.7. The molecule has 0 spiro atoms. The van der Waals surface area contributed by atoms with Gasteiger partial charge in [-0.05, 0) is 24.6 Å². The molecule has 0 N–H and O–H groups in total. The van der Waals surface area contributed by atoms with Gasteiger partial charge < -0.3 is 9.80 Å². The first-order valence-electron chi connectivity index (χ1n) is 9.43. The number of aromatic nitrogens is 3. The molecule has 3 aromatic rings. The summed E-state index contributed by atoms with van der Waals surface area (Å²) in [6, 6.07) is 11.7. The maximum atomic E-state index is 12.7. The second-order valence-electron chi connectivity index (χ2n) is 7.18. The van der Waals surface area contributed by atoms with Gasteiger partial charge in [-0.2, -0.15) is 0 Å². The molecule has 1 amide bonds. The van der Waals surface area contributed by atoms with E-state index in [9.17, 15) is 9.59 Å². The third-order valence-electron chi connectivity index (χ3n) is 5.21. The molecule has 4 rings (SSSR count). The van der Waals surface area contributed by atoms with Gasteiger partial charge in [0.25, 0.3) is 5.56 Å². The molecule has 0 aliphatic carbocycles. The standard InChI is InChI=1S/C21H23N5O2/c1-15-5-7-16(8-6-15)14-18(27)25-10-12-26(13-11-25)20-21(28)24(2)19-17(23-20)4-3-9-22-19/h3-9H,10-14H2,1-2H3. The first kappa shape index (κ1) is 18.2. The lowest BCUT2D eigenvalue weighted by atomic mass is 10.1.